The first-order valence-electron chi connectivity index (χ1n) is 10.3. The maximum atomic E-state index is 13.4. The Morgan fingerprint density at radius 1 is 1.18 bits per heavy atom. The summed E-state index contributed by atoms with van der Waals surface area (Å²) in [6.45, 7) is 0.401. The first-order valence-corrected chi connectivity index (χ1v) is 12.7. The summed E-state index contributed by atoms with van der Waals surface area (Å²) in [5.41, 5.74) is 2.93. The number of benzene rings is 2. The zero-order valence-corrected chi connectivity index (χ0v) is 20.2. The lowest BCUT2D eigenvalue weighted by Crippen LogP contribution is -2.43. The molecular weight excluding hydrogens is 499 g/mol. The van der Waals surface area contributed by atoms with E-state index in [4.69, 9.17) is 37.9 Å². The van der Waals surface area contributed by atoms with Gasteiger partial charge in [-0.25, -0.2) is 9.97 Å². The van der Waals surface area contributed by atoms with Crippen LogP contribution in [0.1, 0.15) is 22.4 Å². The van der Waals surface area contributed by atoms with Gasteiger partial charge in [0, 0.05) is 29.6 Å². The number of carbonyl (C=O) groups excluding carboxylic acids is 1. The quantitative estimate of drug-likeness (QED) is 0.301. The average Bonchev–Trinajstić information content (AvgIpc) is 3.51. The topological polar surface area (TPSA) is 59.7 Å². The lowest BCUT2D eigenvalue weighted by molar-refractivity contribution is -0.135. The van der Waals surface area contributed by atoms with Crippen LogP contribution in [0, 0.1) is 0 Å². The van der Waals surface area contributed by atoms with E-state index in [1.54, 1.807) is 40.9 Å². The summed E-state index contributed by atoms with van der Waals surface area (Å²) in [5, 5.41) is 3.75. The number of carbonyl (C=O) groups is 1. The van der Waals surface area contributed by atoms with E-state index in [2.05, 4.69) is 10.5 Å². The van der Waals surface area contributed by atoms with Gasteiger partial charge < -0.3 is 9.64 Å². The Bertz CT molecular complexity index is 1480. The van der Waals surface area contributed by atoms with Crippen LogP contribution >= 0.6 is 45.9 Å². The summed E-state index contributed by atoms with van der Waals surface area (Å²) < 4.78 is 8.93. The lowest BCUT2D eigenvalue weighted by Gasteiger charge is -2.34. The smallest absolute Gasteiger partial charge is 0.261 e. The number of halogens is 2. The SMILES string of the molecule is O=C(COc1ccc(Cl)cc1Cl)N1CCc2nc3sccn3c2C1c1nc2ccccc2s1. The monoisotopic (exact) mass is 514 g/mol. The molecule has 4 heterocycles. The number of imidazole rings is 1. The highest BCUT2D eigenvalue weighted by Crippen LogP contribution is 2.40. The van der Waals surface area contributed by atoms with Gasteiger partial charge in [-0.05, 0) is 30.3 Å². The maximum absolute atomic E-state index is 13.4. The van der Waals surface area contributed by atoms with E-state index in [-0.39, 0.29) is 18.6 Å². The largest absolute Gasteiger partial charge is 0.482 e. The Balaban J connectivity index is 1.38. The Hall–Kier alpha value is -2.65. The molecule has 33 heavy (non-hydrogen) atoms. The standard InChI is InChI=1S/C23H16Cl2N4O2S2/c24-13-5-6-17(14(25)11-13)31-12-19(30)28-8-7-16-20(29-9-10-32-23(29)27-16)21(28)22-26-15-3-1-2-4-18(15)33-22/h1-6,9-11,21H,7-8,12H2. The molecule has 6 rings (SSSR count). The fourth-order valence-corrected chi connectivity index (χ4v) is 6.45. The van der Waals surface area contributed by atoms with Gasteiger partial charge in [0.25, 0.3) is 5.91 Å². The second kappa shape index (κ2) is 8.29. The highest BCUT2D eigenvalue weighted by molar-refractivity contribution is 7.18. The molecule has 10 heteroatoms. The summed E-state index contributed by atoms with van der Waals surface area (Å²) in [5.74, 6) is 0.286. The molecule has 1 unspecified atom stereocenters. The van der Waals surface area contributed by atoms with Crippen molar-refractivity contribution in [2.24, 2.45) is 0 Å². The van der Waals surface area contributed by atoms with Crippen LogP contribution in [-0.4, -0.2) is 38.3 Å². The van der Waals surface area contributed by atoms with E-state index in [1.165, 1.54) is 0 Å². The van der Waals surface area contributed by atoms with Crippen LogP contribution in [0.5, 0.6) is 5.75 Å². The minimum absolute atomic E-state index is 0.135. The van der Waals surface area contributed by atoms with Gasteiger partial charge in [0.1, 0.15) is 16.8 Å². The van der Waals surface area contributed by atoms with Crippen LogP contribution in [0.4, 0.5) is 0 Å². The third-order valence-electron chi connectivity index (χ3n) is 5.65. The van der Waals surface area contributed by atoms with Crippen LogP contribution in [0.3, 0.4) is 0 Å². The number of nitrogens with zero attached hydrogens (tertiary/aromatic N) is 4. The molecule has 0 bridgehead atoms. The molecule has 0 saturated heterocycles. The van der Waals surface area contributed by atoms with Crippen molar-refractivity contribution in [3.63, 3.8) is 0 Å². The highest BCUT2D eigenvalue weighted by atomic mass is 35.5. The van der Waals surface area contributed by atoms with Gasteiger partial charge in [0.05, 0.1) is 26.6 Å². The van der Waals surface area contributed by atoms with Gasteiger partial charge in [-0.15, -0.1) is 22.7 Å². The zero-order chi connectivity index (χ0) is 22.5. The Kier molecular flexibility index (Phi) is 5.25. The van der Waals surface area contributed by atoms with Gasteiger partial charge in [0.15, 0.2) is 11.6 Å². The number of aromatic nitrogens is 3. The predicted molar refractivity (Wildman–Crippen MR) is 132 cm³/mol. The first kappa shape index (κ1) is 20.9. The lowest BCUT2D eigenvalue weighted by atomic mass is 10.0. The van der Waals surface area contributed by atoms with Crippen molar-refractivity contribution in [3.05, 3.63) is 80.5 Å². The normalized spacial score (nSPS) is 15.8. The van der Waals surface area contributed by atoms with Gasteiger partial charge in [0.2, 0.25) is 0 Å². The summed E-state index contributed by atoms with van der Waals surface area (Å²) >= 11 is 15.4. The van der Waals surface area contributed by atoms with Crippen molar-refractivity contribution in [2.45, 2.75) is 12.5 Å². The van der Waals surface area contributed by atoms with Crippen molar-refractivity contribution >= 4 is 67.0 Å². The van der Waals surface area contributed by atoms with Crippen molar-refractivity contribution in [2.75, 3.05) is 13.2 Å². The van der Waals surface area contributed by atoms with Crippen molar-refractivity contribution in [1.82, 2.24) is 19.3 Å². The molecular formula is C23H16Cl2N4O2S2. The van der Waals surface area contributed by atoms with Crippen LogP contribution in [-0.2, 0) is 11.2 Å². The van der Waals surface area contributed by atoms with E-state index in [9.17, 15) is 4.79 Å². The Labute approximate surface area is 207 Å². The number of rotatable bonds is 4. The molecule has 5 aromatic rings. The minimum atomic E-state index is -0.340. The van der Waals surface area contributed by atoms with E-state index in [0.29, 0.717) is 28.8 Å². The van der Waals surface area contributed by atoms with Gasteiger partial charge >= 0.3 is 0 Å². The fourth-order valence-electron chi connectivity index (χ4n) is 4.17. The fraction of sp³-hybridized carbons (Fsp3) is 0.174. The molecule has 0 spiro atoms. The third-order valence-corrected chi connectivity index (χ3v) is 8.02. The Morgan fingerprint density at radius 2 is 2.06 bits per heavy atom. The Morgan fingerprint density at radius 3 is 2.91 bits per heavy atom. The molecule has 166 valence electrons. The van der Waals surface area contributed by atoms with Crippen LogP contribution in [0.15, 0.2) is 54.0 Å². The van der Waals surface area contributed by atoms with Crippen LogP contribution in [0.2, 0.25) is 10.0 Å². The van der Waals surface area contributed by atoms with Gasteiger partial charge in [-0.1, -0.05) is 35.3 Å². The molecule has 3 aromatic heterocycles. The molecule has 0 fully saturated rings. The second-order valence-electron chi connectivity index (χ2n) is 7.62. The van der Waals surface area contributed by atoms with Gasteiger partial charge in [-0.3, -0.25) is 9.20 Å². The molecule has 0 saturated carbocycles. The maximum Gasteiger partial charge on any atom is 0.261 e. The second-order valence-corrected chi connectivity index (χ2v) is 10.4. The van der Waals surface area contributed by atoms with Crippen LogP contribution in [0.25, 0.3) is 15.2 Å². The minimum Gasteiger partial charge on any atom is -0.482 e. The summed E-state index contributed by atoms with van der Waals surface area (Å²) in [7, 11) is 0. The highest BCUT2D eigenvalue weighted by Gasteiger charge is 2.38. The molecule has 0 N–H and O–H groups in total. The van der Waals surface area contributed by atoms with Gasteiger partial charge in [-0.2, -0.15) is 0 Å². The van der Waals surface area contributed by atoms with Crippen molar-refractivity contribution in [3.8, 4) is 5.75 Å². The number of hydrogen-bond donors (Lipinski definition) is 0. The molecule has 1 aliphatic heterocycles. The average molecular weight is 515 g/mol. The molecule has 0 radical (unpaired) electrons. The van der Waals surface area contributed by atoms with Crippen molar-refractivity contribution < 1.29 is 9.53 Å². The molecule has 1 aliphatic rings. The van der Waals surface area contributed by atoms with Crippen molar-refractivity contribution in [1.29, 1.82) is 0 Å². The van der Waals surface area contributed by atoms with E-state index in [1.807, 2.05) is 34.7 Å². The number of thiazole rings is 2. The summed E-state index contributed by atoms with van der Waals surface area (Å²) in [4.78, 5) is 25.9. The molecule has 0 aliphatic carbocycles. The molecule has 1 amide bonds. The number of ether oxygens (including phenoxy) is 1. The zero-order valence-electron chi connectivity index (χ0n) is 17.1. The number of hydrogen-bond acceptors (Lipinski definition) is 6. The van der Waals surface area contributed by atoms with E-state index in [0.717, 1.165) is 31.6 Å². The number of amides is 1. The number of para-hydroxylation sites is 1. The first-order chi connectivity index (χ1) is 16.1. The molecule has 2 aromatic carbocycles. The third kappa shape index (κ3) is 3.67. The predicted octanol–water partition coefficient (Wildman–Crippen LogP) is 5.87. The molecule has 1 atom stereocenters. The van der Waals surface area contributed by atoms with E-state index < -0.39 is 0 Å². The molecule has 6 nitrogen and oxygen atoms in total. The number of fused-ring (bicyclic) bond motifs is 4. The summed E-state index contributed by atoms with van der Waals surface area (Å²) in [6, 6.07) is 12.6. The van der Waals surface area contributed by atoms with Crippen LogP contribution < -0.4 is 4.74 Å². The van der Waals surface area contributed by atoms with E-state index >= 15 is 0 Å². The summed E-state index contributed by atoms with van der Waals surface area (Å²) in [6.07, 6.45) is 2.68.